The second-order valence-electron chi connectivity index (χ2n) is 5.03. The summed E-state index contributed by atoms with van der Waals surface area (Å²) in [5.74, 6) is -0.201. The van der Waals surface area contributed by atoms with E-state index in [1.54, 1.807) is 17.0 Å². The van der Waals surface area contributed by atoms with Gasteiger partial charge in [0, 0.05) is 11.0 Å². The average molecular weight is 308 g/mol. The van der Waals surface area contributed by atoms with E-state index < -0.39 is 0 Å². The third-order valence-corrected chi connectivity index (χ3v) is 4.50. The number of hydrogen-bond acceptors (Lipinski definition) is 2. The minimum atomic E-state index is -0.371. The number of halogens is 1. The number of Topliss-reactive ketones (excluding diaryl/α,β-unsaturated/α-hetero) is 1. The Morgan fingerprint density at radius 3 is 2.67 bits per heavy atom. The first-order valence-corrected chi connectivity index (χ1v) is 7.12. The van der Waals surface area contributed by atoms with E-state index in [9.17, 15) is 9.59 Å². The molecule has 0 aromatic heterocycles. The Morgan fingerprint density at radius 2 is 1.94 bits per heavy atom. The van der Waals surface area contributed by atoms with Gasteiger partial charge in [-0.3, -0.25) is 9.59 Å². The van der Waals surface area contributed by atoms with Gasteiger partial charge in [0.05, 0.1) is 11.3 Å². The van der Waals surface area contributed by atoms with E-state index in [2.05, 4.69) is 15.9 Å². The summed E-state index contributed by atoms with van der Waals surface area (Å²) in [6.07, 6.45) is 4.81. The molecule has 0 radical (unpaired) electrons. The number of anilines is 1. The topological polar surface area (TPSA) is 37.4 Å². The number of rotatable bonds is 2. The number of ketones is 1. The number of fused-ring (bicyclic) bond motifs is 1. The average Bonchev–Trinajstić information content (AvgIpc) is 2.94. The van der Waals surface area contributed by atoms with Gasteiger partial charge in [-0.25, -0.2) is 0 Å². The molecule has 0 unspecified atom stereocenters. The van der Waals surface area contributed by atoms with E-state index >= 15 is 0 Å². The molecule has 1 aromatic rings. The minimum Gasteiger partial charge on any atom is -0.303 e. The number of para-hydroxylation sites is 1. The highest BCUT2D eigenvalue weighted by molar-refractivity contribution is 9.10. The molecule has 0 atom stereocenters. The summed E-state index contributed by atoms with van der Waals surface area (Å²) in [5, 5.41) is 0. The highest BCUT2D eigenvalue weighted by Gasteiger charge is 2.38. The number of carbonyl (C=O) groups excluding carboxylic acids is 2. The normalized spacial score (nSPS) is 19.7. The molecule has 1 aliphatic carbocycles. The van der Waals surface area contributed by atoms with Crippen LogP contribution in [-0.4, -0.2) is 18.2 Å². The van der Waals surface area contributed by atoms with Gasteiger partial charge in [-0.15, -0.1) is 0 Å². The highest BCUT2D eigenvalue weighted by atomic mass is 79.9. The van der Waals surface area contributed by atoms with Crippen LogP contribution in [0.5, 0.6) is 0 Å². The first-order chi connectivity index (χ1) is 8.68. The fourth-order valence-electron chi connectivity index (χ4n) is 2.94. The molecular formula is C14H14BrNO2. The largest absolute Gasteiger partial charge is 0.303 e. The van der Waals surface area contributed by atoms with E-state index in [0.717, 1.165) is 23.0 Å². The lowest BCUT2D eigenvalue weighted by Crippen LogP contribution is -2.33. The van der Waals surface area contributed by atoms with Gasteiger partial charge in [-0.2, -0.15) is 0 Å². The predicted molar refractivity (Wildman–Crippen MR) is 72.8 cm³/mol. The standard InChI is InChI=1S/C14H14BrNO2/c15-11-7-3-6-10-12(11)16(14(18)13(10)17)8-9-4-1-2-5-9/h3,6-7,9H,1-2,4-5,8H2. The van der Waals surface area contributed by atoms with Crippen molar-refractivity contribution in [1.29, 1.82) is 0 Å². The molecule has 1 amide bonds. The smallest absolute Gasteiger partial charge is 0.299 e. The van der Waals surface area contributed by atoms with Crippen LogP contribution in [0.15, 0.2) is 22.7 Å². The Balaban J connectivity index is 1.96. The quantitative estimate of drug-likeness (QED) is 0.787. The maximum Gasteiger partial charge on any atom is 0.299 e. The van der Waals surface area contributed by atoms with Crippen LogP contribution in [0.2, 0.25) is 0 Å². The van der Waals surface area contributed by atoms with E-state index in [0.29, 0.717) is 18.0 Å². The molecule has 0 saturated heterocycles. The molecule has 0 spiro atoms. The summed E-state index contributed by atoms with van der Waals surface area (Å²) in [6.45, 7) is 0.681. The SMILES string of the molecule is O=C1C(=O)N(CC2CCCC2)c2c(Br)cccc21. The van der Waals surface area contributed by atoms with E-state index in [4.69, 9.17) is 0 Å². The monoisotopic (exact) mass is 307 g/mol. The van der Waals surface area contributed by atoms with Crippen LogP contribution in [0.4, 0.5) is 5.69 Å². The predicted octanol–water partition coefficient (Wildman–Crippen LogP) is 3.17. The minimum absolute atomic E-state index is 0.371. The Morgan fingerprint density at radius 1 is 1.22 bits per heavy atom. The molecule has 1 heterocycles. The van der Waals surface area contributed by atoms with Crippen LogP contribution in [0.1, 0.15) is 36.0 Å². The van der Waals surface area contributed by atoms with Crippen molar-refractivity contribution in [2.45, 2.75) is 25.7 Å². The van der Waals surface area contributed by atoms with Crippen molar-refractivity contribution in [2.75, 3.05) is 11.4 Å². The van der Waals surface area contributed by atoms with E-state index in [1.807, 2.05) is 6.07 Å². The second-order valence-corrected chi connectivity index (χ2v) is 5.89. The number of amides is 1. The Labute approximate surface area is 114 Å². The summed E-state index contributed by atoms with van der Waals surface area (Å²) in [6, 6.07) is 5.41. The van der Waals surface area contributed by atoms with Gasteiger partial charge in [0.2, 0.25) is 0 Å². The molecular weight excluding hydrogens is 294 g/mol. The van der Waals surface area contributed by atoms with Crippen LogP contribution in [-0.2, 0) is 4.79 Å². The number of nitrogens with zero attached hydrogens (tertiary/aromatic N) is 1. The Hall–Kier alpha value is -1.16. The highest BCUT2D eigenvalue weighted by Crippen LogP contribution is 2.38. The summed E-state index contributed by atoms with van der Waals surface area (Å²) in [4.78, 5) is 25.6. The first-order valence-electron chi connectivity index (χ1n) is 6.33. The fraction of sp³-hybridized carbons (Fsp3) is 0.429. The number of benzene rings is 1. The third-order valence-electron chi connectivity index (χ3n) is 3.86. The molecule has 1 aromatic carbocycles. The van der Waals surface area contributed by atoms with E-state index in [1.165, 1.54) is 12.8 Å². The van der Waals surface area contributed by atoms with Crippen molar-refractivity contribution < 1.29 is 9.59 Å². The zero-order chi connectivity index (χ0) is 12.7. The zero-order valence-corrected chi connectivity index (χ0v) is 11.6. The maximum absolute atomic E-state index is 12.1. The van der Waals surface area contributed by atoms with Gasteiger partial charge < -0.3 is 4.90 Å². The zero-order valence-electron chi connectivity index (χ0n) is 9.99. The van der Waals surface area contributed by atoms with Crippen LogP contribution < -0.4 is 4.90 Å². The van der Waals surface area contributed by atoms with Gasteiger partial charge in [0.15, 0.2) is 0 Å². The number of carbonyl (C=O) groups is 2. The molecule has 18 heavy (non-hydrogen) atoms. The Bertz CT molecular complexity index is 521. The van der Waals surface area contributed by atoms with Crippen molar-refractivity contribution >= 4 is 33.3 Å². The molecule has 1 fully saturated rings. The summed E-state index contributed by atoms with van der Waals surface area (Å²) >= 11 is 3.45. The van der Waals surface area contributed by atoms with Gasteiger partial charge in [0.1, 0.15) is 0 Å². The molecule has 0 bridgehead atoms. The lowest BCUT2D eigenvalue weighted by molar-refractivity contribution is -0.114. The van der Waals surface area contributed by atoms with Crippen molar-refractivity contribution in [3.05, 3.63) is 28.2 Å². The molecule has 3 nitrogen and oxygen atoms in total. The first kappa shape index (κ1) is 11.9. The van der Waals surface area contributed by atoms with Crippen molar-refractivity contribution in [1.82, 2.24) is 0 Å². The molecule has 3 rings (SSSR count). The van der Waals surface area contributed by atoms with Gasteiger partial charge >= 0.3 is 0 Å². The molecule has 94 valence electrons. The van der Waals surface area contributed by atoms with Crippen molar-refractivity contribution in [3.8, 4) is 0 Å². The van der Waals surface area contributed by atoms with Gasteiger partial charge in [-0.05, 0) is 46.8 Å². The van der Waals surface area contributed by atoms with Gasteiger partial charge in [-0.1, -0.05) is 18.9 Å². The molecule has 1 aliphatic heterocycles. The van der Waals surface area contributed by atoms with Crippen molar-refractivity contribution in [2.24, 2.45) is 5.92 Å². The van der Waals surface area contributed by atoms with Crippen LogP contribution in [0, 0.1) is 5.92 Å². The fourth-order valence-corrected chi connectivity index (χ4v) is 3.52. The lowest BCUT2D eigenvalue weighted by Gasteiger charge is -2.21. The summed E-state index contributed by atoms with van der Waals surface area (Å²) in [5.41, 5.74) is 1.30. The third kappa shape index (κ3) is 1.79. The number of hydrogen-bond donors (Lipinski definition) is 0. The van der Waals surface area contributed by atoms with Gasteiger partial charge in [0.25, 0.3) is 11.7 Å². The molecule has 2 aliphatic rings. The lowest BCUT2D eigenvalue weighted by atomic mass is 10.1. The molecule has 1 saturated carbocycles. The Kier molecular flexibility index (Phi) is 2.98. The van der Waals surface area contributed by atoms with Crippen LogP contribution in [0.25, 0.3) is 0 Å². The summed E-state index contributed by atoms with van der Waals surface area (Å²) in [7, 11) is 0. The van der Waals surface area contributed by atoms with Crippen LogP contribution >= 0.6 is 15.9 Å². The van der Waals surface area contributed by atoms with Crippen molar-refractivity contribution in [3.63, 3.8) is 0 Å². The van der Waals surface area contributed by atoms with E-state index in [-0.39, 0.29) is 11.7 Å². The molecule has 0 N–H and O–H groups in total. The molecule has 4 heteroatoms. The maximum atomic E-state index is 12.1. The second kappa shape index (κ2) is 4.50. The summed E-state index contributed by atoms with van der Waals surface area (Å²) < 4.78 is 0.831. The van der Waals surface area contributed by atoms with Crippen LogP contribution in [0.3, 0.4) is 0 Å².